The molecule has 0 radical (unpaired) electrons. The minimum atomic E-state index is -0.253. The number of carbonyl (C=O) groups is 1. The Balaban J connectivity index is 1.21. The summed E-state index contributed by atoms with van der Waals surface area (Å²) in [5.41, 5.74) is 6.49. The van der Waals surface area contributed by atoms with Gasteiger partial charge < -0.3 is 10.6 Å². The molecule has 2 amide bonds. The van der Waals surface area contributed by atoms with E-state index in [-0.39, 0.29) is 23.3 Å². The van der Waals surface area contributed by atoms with Crippen LogP contribution in [0.25, 0.3) is 11.8 Å². The number of fused-ring (bicyclic) bond motifs is 2. The normalized spacial score (nSPS) is 20.5. The van der Waals surface area contributed by atoms with Crippen molar-refractivity contribution in [1.82, 2.24) is 25.4 Å². The standard InChI is InChI=1S/C32H32FN5O/c1-32-19-23-20-36-38(28-14-12-26(33)13-15-28)30(23)18-25(32)11-10-24(32)17-29(22-7-3-2-4-8-22)37-31(39)35-21-27-9-5-6-16-34-27/h2-9,12-16,18,20,24,29H,10-11,17,19,21H2,1H3,(H2,35,37,39). The van der Waals surface area contributed by atoms with Gasteiger partial charge in [0.05, 0.1) is 35.9 Å². The third-order valence-corrected chi connectivity index (χ3v) is 8.41. The Hall–Kier alpha value is -4.26. The van der Waals surface area contributed by atoms with Gasteiger partial charge in [0, 0.05) is 6.20 Å². The number of allylic oxidation sites excluding steroid dienone is 1. The second-order valence-electron chi connectivity index (χ2n) is 10.8. The third kappa shape index (κ3) is 5.09. The Morgan fingerprint density at radius 1 is 1.10 bits per heavy atom. The van der Waals surface area contributed by atoms with Gasteiger partial charge in [0.25, 0.3) is 0 Å². The fourth-order valence-electron chi connectivity index (χ4n) is 6.23. The third-order valence-electron chi connectivity index (χ3n) is 8.41. The topological polar surface area (TPSA) is 71.8 Å². The minimum Gasteiger partial charge on any atom is -0.332 e. The molecule has 6 rings (SSSR count). The summed E-state index contributed by atoms with van der Waals surface area (Å²) >= 11 is 0. The fraction of sp³-hybridized carbons (Fsp3) is 0.281. The van der Waals surface area contributed by atoms with Crippen molar-refractivity contribution >= 4 is 12.1 Å². The number of hydrogen-bond donors (Lipinski definition) is 2. The van der Waals surface area contributed by atoms with Gasteiger partial charge in [-0.3, -0.25) is 4.98 Å². The maximum atomic E-state index is 13.5. The minimum absolute atomic E-state index is 0.0111. The number of urea groups is 1. The zero-order valence-corrected chi connectivity index (χ0v) is 22.0. The lowest BCUT2D eigenvalue weighted by atomic mass is 9.68. The Morgan fingerprint density at radius 2 is 1.90 bits per heavy atom. The van der Waals surface area contributed by atoms with Crippen LogP contribution in [0.4, 0.5) is 9.18 Å². The van der Waals surface area contributed by atoms with Crippen molar-refractivity contribution in [2.45, 2.75) is 45.2 Å². The summed E-state index contributed by atoms with van der Waals surface area (Å²) < 4.78 is 15.4. The van der Waals surface area contributed by atoms with E-state index in [0.717, 1.165) is 48.3 Å². The average molecular weight is 522 g/mol. The van der Waals surface area contributed by atoms with Crippen molar-refractivity contribution in [2.24, 2.45) is 11.3 Å². The van der Waals surface area contributed by atoms with E-state index >= 15 is 0 Å². The summed E-state index contributed by atoms with van der Waals surface area (Å²) in [5, 5.41) is 10.9. The number of nitrogens with one attached hydrogen (secondary N) is 2. The van der Waals surface area contributed by atoms with Crippen LogP contribution < -0.4 is 10.6 Å². The smallest absolute Gasteiger partial charge is 0.315 e. The van der Waals surface area contributed by atoms with Gasteiger partial charge in [0.2, 0.25) is 0 Å². The van der Waals surface area contributed by atoms with E-state index in [1.54, 1.807) is 18.3 Å². The maximum Gasteiger partial charge on any atom is 0.315 e. The number of aromatic nitrogens is 3. The van der Waals surface area contributed by atoms with E-state index in [9.17, 15) is 9.18 Å². The number of hydrogen-bond acceptors (Lipinski definition) is 3. The van der Waals surface area contributed by atoms with Gasteiger partial charge in [-0.05, 0) is 90.6 Å². The molecular formula is C32H32FN5O. The number of nitrogens with zero attached hydrogens (tertiary/aromatic N) is 3. The SMILES string of the molecule is CC12Cc3cnn(-c4ccc(F)cc4)c3C=C1CCC2CC(NC(=O)NCc1ccccn1)c1ccccc1. The van der Waals surface area contributed by atoms with E-state index in [0.29, 0.717) is 12.5 Å². The predicted octanol–water partition coefficient (Wildman–Crippen LogP) is 6.39. The Kier molecular flexibility index (Phi) is 6.73. The Morgan fingerprint density at radius 3 is 2.67 bits per heavy atom. The van der Waals surface area contributed by atoms with Gasteiger partial charge in [-0.25, -0.2) is 13.9 Å². The molecule has 4 aromatic rings. The molecule has 2 heterocycles. The monoisotopic (exact) mass is 521 g/mol. The lowest BCUT2D eigenvalue weighted by molar-refractivity contribution is 0.215. The molecule has 0 bridgehead atoms. The number of rotatable bonds is 7. The van der Waals surface area contributed by atoms with Crippen molar-refractivity contribution in [3.63, 3.8) is 0 Å². The molecule has 2 aromatic carbocycles. The van der Waals surface area contributed by atoms with Crippen molar-refractivity contribution in [3.05, 3.63) is 119 Å². The molecule has 39 heavy (non-hydrogen) atoms. The second kappa shape index (κ2) is 10.5. The van der Waals surface area contributed by atoms with Gasteiger partial charge >= 0.3 is 6.03 Å². The quantitative estimate of drug-likeness (QED) is 0.296. The molecule has 3 unspecified atom stereocenters. The van der Waals surface area contributed by atoms with Gasteiger partial charge in [-0.2, -0.15) is 5.10 Å². The molecule has 1 saturated carbocycles. The zero-order chi connectivity index (χ0) is 26.8. The molecular weight excluding hydrogens is 489 g/mol. The first-order valence-corrected chi connectivity index (χ1v) is 13.5. The summed E-state index contributed by atoms with van der Waals surface area (Å²) in [6.07, 6.45) is 9.79. The van der Waals surface area contributed by atoms with Crippen LogP contribution in [0.3, 0.4) is 0 Å². The van der Waals surface area contributed by atoms with Gasteiger partial charge in [-0.15, -0.1) is 0 Å². The highest BCUT2D eigenvalue weighted by Crippen LogP contribution is 2.55. The van der Waals surface area contributed by atoms with E-state index in [4.69, 9.17) is 0 Å². The summed E-state index contributed by atoms with van der Waals surface area (Å²) in [5.74, 6) is 0.142. The number of halogens is 1. The molecule has 0 spiro atoms. The molecule has 1 fully saturated rings. The van der Waals surface area contributed by atoms with Crippen LogP contribution in [-0.2, 0) is 13.0 Å². The summed E-state index contributed by atoms with van der Waals surface area (Å²) in [4.78, 5) is 17.3. The van der Waals surface area contributed by atoms with Crippen LogP contribution in [0.2, 0.25) is 0 Å². The number of carbonyl (C=O) groups excluding carboxylic acids is 1. The summed E-state index contributed by atoms with van der Waals surface area (Å²) in [7, 11) is 0. The number of benzene rings is 2. The van der Waals surface area contributed by atoms with Crippen LogP contribution in [0.5, 0.6) is 0 Å². The van der Waals surface area contributed by atoms with Gasteiger partial charge in [-0.1, -0.05) is 48.9 Å². The van der Waals surface area contributed by atoms with E-state index < -0.39 is 0 Å². The lowest BCUT2D eigenvalue weighted by Gasteiger charge is -2.37. The summed E-state index contributed by atoms with van der Waals surface area (Å²) in [6.45, 7) is 2.74. The van der Waals surface area contributed by atoms with Crippen molar-refractivity contribution in [2.75, 3.05) is 0 Å². The van der Waals surface area contributed by atoms with E-state index in [1.165, 1.54) is 23.3 Å². The van der Waals surface area contributed by atoms with Crippen LogP contribution in [0.1, 0.15) is 54.7 Å². The van der Waals surface area contributed by atoms with Crippen molar-refractivity contribution in [1.29, 1.82) is 0 Å². The molecule has 0 saturated heterocycles. The first-order chi connectivity index (χ1) is 19.0. The first kappa shape index (κ1) is 25.0. The van der Waals surface area contributed by atoms with Gasteiger partial charge in [0.1, 0.15) is 5.82 Å². The molecule has 7 heteroatoms. The van der Waals surface area contributed by atoms with Gasteiger partial charge in [0.15, 0.2) is 0 Å². The molecule has 2 N–H and O–H groups in total. The van der Waals surface area contributed by atoms with Crippen LogP contribution in [-0.4, -0.2) is 20.8 Å². The van der Waals surface area contributed by atoms with Crippen LogP contribution >= 0.6 is 0 Å². The molecule has 3 atom stereocenters. The second-order valence-corrected chi connectivity index (χ2v) is 10.8. The largest absolute Gasteiger partial charge is 0.332 e. The first-order valence-electron chi connectivity index (χ1n) is 13.5. The molecule has 2 aliphatic rings. The molecule has 6 nitrogen and oxygen atoms in total. The highest BCUT2D eigenvalue weighted by atomic mass is 19.1. The highest BCUT2D eigenvalue weighted by Gasteiger charge is 2.46. The van der Waals surface area contributed by atoms with E-state index in [1.807, 2.05) is 47.3 Å². The fourth-order valence-corrected chi connectivity index (χ4v) is 6.23. The predicted molar refractivity (Wildman–Crippen MR) is 149 cm³/mol. The zero-order valence-electron chi connectivity index (χ0n) is 22.0. The highest BCUT2D eigenvalue weighted by molar-refractivity contribution is 5.74. The number of pyridine rings is 1. The Labute approximate surface area is 228 Å². The average Bonchev–Trinajstić information content (AvgIpc) is 3.51. The molecule has 2 aliphatic carbocycles. The van der Waals surface area contributed by atoms with E-state index in [2.05, 4.69) is 45.8 Å². The molecule has 0 aliphatic heterocycles. The molecule has 2 aromatic heterocycles. The molecule has 198 valence electrons. The van der Waals surface area contributed by atoms with Crippen molar-refractivity contribution < 1.29 is 9.18 Å². The Bertz CT molecular complexity index is 1480. The summed E-state index contributed by atoms with van der Waals surface area (Å²) in [6, 6.07) is 22.1. The van der Waals surface area contributed by atoms with Crippen LogP contribution in [0, 0.1) is 17.2 Å². The lowest BCUT2D eigenvalue weighted by Crippen LogP contribution is -2.40. The van der Waals surface area contributed by atoms with Crippen LogP contribution in [0.15, 0.2) is 90.8 Å². The number of amides is 2. The maximum absolute atomic E-state index is 13.5. The van der Waals surface area contributed by atoms with Crippen molar-refractivity contribution in [3.8, 4) is 5.69 Å².